The van der Waals surface area contributed by atoms with E-state index in [-0.39, 0.29) is 5.41 Å². The molecule has 7 aromatic rings. The third-order valence-electron chi connectivity index (χ3n) is 8.02. The molecule has 5 aromatic carbocycles. The molecule has 2 heterocycles. The predicted octanol–water partition coefficient (Wildman–Crippen LogP) is 7.66. The molecule has 0 unspecified atom stereocenters. The highest BCUT2D eigenvalue weighted by molar-refractivity contribution is 6.21. The van der Waals surface area contributed by atoms with Crippen molar-refractivity contribution in [2.75, 3.05) is 0 Å². The van der Waals surface area contributed by atoms with Gasteiger partial charge in [-0.25, -0.2) is 9.97 Å². The molecular formula is C37H27N3. The maximum Gasteiger partial charge on any atom is 0.235 e. The Bertz CT molecular complexity index is 2240. The Kier molecular flexibility index (Phi) is 4.86. The van der Waals surface area contributed by atoms with Gasteiger partial charge in [0.2, 0.25) is 5.95 Å². The molecule has 0 spiro atoms. The van der Waals surface area contributed by atoms with Crippen molar-refractivity contribution in [3.8, 4) is 28.3 Å². The van der Waals surface area contributed by atoms with Gasteiger partial charge >= 0.3 is 0 Å². The third-order valence-corrected chi connectivity index (χ3v) is 8.02. The van der Waals surface area contributed by atoms with E-state index in [4.69, 9.17) is 9.97 Å². The molecule has 0 N–H and O–H groups in total. The molecule has 1 aliphatic rings. The Labute approximate surface area is 232 Å². The zero-order valence-electron chi connectivity index (χ0n) is 22.5. The van der Waals surface area contributed by atoms with Crippen LogP contribution in [0.3, 0.4) is 0 Å². The van der Waals surface area contributed by atoms with Crippen LogP contribution in [0, 0.1) is 5.41 Å². The minimum absolute atomic E-state index is 0.108. The van der Waals surface area contributed by atoms with Crippen molar-refractivity contribution in [3.05, 3.63) is 126 Å². The van der Waals surface area contributed by atoms with Gasteiger partial charge in [0.1, 0.15) is 0 Å². The molecule has 0 amide bonds. The summed E-state index contributed by atoms with van der Waals surface area (Å²) in [6, 6.07) is 40.8. The zero-order chi connectivity index (χ0) is 26.8. The molecular weight excluding hydrogens is 486 g/mol. The van der Waals surface area contributed by atoms with Crippen LogP contribution < -0.4 is 10.6 Å². The molecule has 0 atom stereocenters. The molecule has 8 rings (SSSR count). The van der Waals surface area contributed by atoms with Gasteiger partial charge in [-0.1, -0.05) is 123 Å². The van der Waals surface area contributed by atoms with Crippen LogP contribution >= 0.6 is 0 Å². The Hall–Kier alpha value is -5.02. The summed E-state index contributed by atoms with van der Waals surface area (Å²) in [5.74, 6) is 0.695. The van der Waals surface area contributed by atoms with E-state index in [9.17, 15) is 0 Å². The normalized spacial score (nSPS) is 13.8. The fraction of sp³-hybridized carbons (Fsp3) is 0.0811. The van der Waals surface area contributed by atoms with Crippen LogP contribution in [-0.4, -0.2) is 14.5 Å². The summed E-state index contributed by atoms with van der Waals surface area (Å²) in [5, 5.41) is 7.00. The van der Waals surface area contributed by atoms with E-state index in [2.05, 4.69) is 146 Å². The lowest BCUT2D eigenvalue weighted by molar-refractivity contribution is 0.723. The summed E-state index contributed by atoms with van der Waals surface area (Å²) in [6.07, 6.45) is 4.58. The van der Waals surface area contributed by atoms with Gasteiger partial charge in [-0.2, -0.15) is 0 Å². The second-order valence-corrected chi connectivity index (χ2v) is 11.2. The van der Waals surface area contributed by atoms with Crippen molar-refractivity contribution >= 4 is 44.7 Å². The monoisotopic (exact) mass is 513 g/mol. The smallest absolute Gasteiger partial charge is 0.235 e. The molecule has 1 aliphatic carbocycles. The lowest BCUT2D eigenvalue weighted by Crippen LogP contribution is -2.30. The van der Waals surface area contributed by atoms with Gasteiger partial charge in [-0.05, 0) is 40.1 Å². The van der Waals surface area contributed by atoms with Gasteiger partial charge in [0.05, 0.1) is 22.1 Å². The number of rotatable bonds is 3. The summed E-state index contributed by atoms with van der Waals surface area (Å²) in [5.41, 5.74) is 6.54. The van der Waals surface area contributed by atoms with Crippen molar-refractivity contribution < 1.29 is 0 Å². The Morgan fingerprint density at radius 2 is 1.27 bits per heavy atom. The van der Waals surface area contributed by atoms with Crippen molar-refractivity contribution in [2.45, 2.75) is 13.8 Å². The highest BCUT2D eigenvalue weighted by Crippen LogP contribution is 2.37. The minimum atomic E-state index is -0.108. The lowest BCUT2D eigenvalue weighted by Gasteiger charge is -2.13. The average molecular weight is 514 g/mol. The predicted molar refractivity (Wildman–Crippen MR) is 167 cm³/mol. The first-order valence-electron chi connectivity index (χ1n) is 13.8. The molecule has 3 heteroatoms. The van der Waals surface area contributed by atoms with Gasteiger partial charge in [-0.15, -0.1) is 0 Å². The Morgan fingerprint density at radius 3 is 2.12 bits per heavy atom. The molecule has 0 radical (unpaired) electrons. The maximum absolute atomic E-state index is 5.39. The molecule has 0 aliphatic heterocycles. The minimum Gasteiger partial charge on any atom is -0.278 e. The maximum atomic E-state index is 5.39. The average Bonchev–Trinajstić information content (AvgIpc) is 3.50. The van der Waals surface area contributed by atoms with E-state index in [1.807, 2.05) is 0 Å². The molecule has 2 aromatic heterocycles. The summed E-state index contributed by atoms with van der Waals surface area (Å²) >= 11 is 0. The highest BCUT2D eigenvalue weighted by atomic mass is 15.2. The van der Waals surface area contributed by atoms with E-state index in [0.717, 1.165) is 32.9 Å². The molecule has 0 fully saturated rings. The van der Waals surface area contributed by atoms with Gasteiger partial charge in [0, 0.05) is 27.0 Å². The molecule has 0 saturated heterocycles. The summed E-state index contributed by atoms with van der Waals surface area (Å²) < 4.78 is 2.24. The number of benzene rings is 5. The van der Waals surface area contributed by atoms with E-state index < -0.39 is 0 Å². The van der Waals surface area contributed by atoms with Crippen LogP contribution in [0.2, 0.25) is 0 Å². The van der Waals surface area contributed by atoms with Crippen molar-refractivity contribution in [3.63, 3.8) is 0 Å². The fourth-order valence-electron chi connectivity index (χ4n) is 6.31. The van der Waals surface area contributed by atoms with Gasteiger partial charge in [0.15, 0.2) is 0 Å². The largest absolute Gasteiger partial charge is 0.278 e. The number of hydrogen-bond acceptors (Lipinski definition) is 2. The molecule has 40 heavy (non-hydrogen) atoms. The summed E-state index contributed by atoms with van der Waals surface area (Å²) in [4.78, 5) is 10.6. The topological polar surface area (TPSA) is 30.7 Å². The van der Waals surface area contributed by atoms with Crippen LogP contribution in [0.1, 0.15) is 13.8 Å². The second kappa shape index (κ2) is 8.49. The first-order chi connectivity index (χ1) is 19.6. The number of nitrogens with zero attached hydrogens (tertiary/aromatic N) is 3. The van der Waals surface area contributed by atoms with Crippen LogP contribution in [0.5, 0.6) is 0 Å². The van der Waals surface area contributed by atoms with Crippen molar-refractivity contribution in [1.82, 2.24) is 14.5 Å². The van der Waals surface area contributed by atoms with Crippen LogP contribution in [0.25, 0.3) is 73.1 Å². The second-order valence-electron chi connectivity index (χ2n) is 11.2. The van der Waals surface area contributed by atoms with E-state index in [1.54, 1.807) is 0 Å². The summed E-state index contributed by atoms with van der Waals surface area (Å²) in [6.45, 7) is 4.46. The van der Waals surface area contributed by atoms with Gasteiger partial charge in [-0.3, -0.25) is 4.57 Å². The first kappa shape index (κ1) is 22.9. The molecule has 0 bridgehead atoms. The molecule has 190 valence electrons. The number of hydrogen-bond donors (Lipinski definition) is 0. The van der Waals surface area contributed by atoms with Crippen molar-refractivity contribution in [2.24, 2.45) is 5.41 Å². The van der Waals surface area contributed by atoms with E-state index in [0.29, 0.717) is 5.95 Å². The SMILES string of the molecule is CC1(C)C=c2nc(-n3c4ccccc4c4c5ccccc5ccc43)nc(-c3ccccc3-c3ccccc3)c2=C1. The highest BCUT2D eigenvalue weighted by Gasteiger charge is 2.23. The van der Waals surface area contributed by atoms with Crippen LogP contribution in [0.15, 0.2) is 115 Å². The third kappa shape index (κ3) is 3.44. The molecule has 0 saturated carbocycles. The quantitative estimate of drug-likeness (QED) is 0.243. The van der Waals surface area contributed by atoms with Crippen LogP contribution in [-0.2, 0) is 0 Å². The van der Waals surface area contributed by atoms with E-state index in [1.165, 1.54) is 32.7 Å². The number of fused-ring (bicyclic) bond motifs is 6. The fourth-order valence-corrected chi connectivity index (χ4v) is 6.31. The Balaban J connectivity index is 1.50. The Morgan fingerprint density at radius 1 is 0.575 bits per heavy atom. The van der Waals surface area contributed by atoms with Gasteiger partial charge < -0.3 is 0 Å². The van der Waals surface area contributed by atoms with E-state index >= 15 is 0 Å². The zero-order valence-corrected chi connectivity index (χ0v) is 22.5. The van der Waals surface area contributed by atoms with Gasteiger partial charge in [0.25, 0.3) is 0 Å². The van der Waals surface area contributed by atoms with Crippen LogP contribution in [0.4, 0.5) is 0 Å². The standard InChI is InChI=1S/C37H27N3/c1-37(2)22-30-31(23-37)38-36(39-35(30)28-17-9-8-15-26(28)24-12-4-3-5-13-24)40-32-19-11-10-18-29(32)34-27-16-7-6-14-25(27)20-21-33(34)40/h3-23H,1-2H3. The summed E-state index contributed by atoms with van der Waals surface area (Å²) in [7, 11) is 0. The molecule has 3 nitrogen and oxygen atoms in total. The number of para-hydroxylation sites is 1. The lowest BCUT2D eigenvalue weighted by atomic mass is 9.94. The van der Waals surface area contributed by atoms with Crippen molar-refractivity contribution in [1.29, 1.82) is 0 Å². The number of aromatic nitrogens is 3. The first-order valence-corrected chi connectivity index (χ1v) is 13.8.